The van der Waals surface area contributed by atoms with Crippen molar-refractivity contribution in [2.45, 2.75) is 32.7 Å². The van der Waals surface area contributed by atoms with Crippen molar-refractivity contribution in [3.8, 4) is 0 Å². The molecule has 0 atom stereocenters. The van der Waals surface area contributed by atoms with Gasteiger partial charge in [0.25, 0.3) is 0 Å². The van der Waals surface area contributed by atoms with Crippen molar-refractivity contribution in [2.24, 2.45) is 0 Å². The Morgan fingerprint density at radius 3 is 2.27 bits per heavy atom. The molecule has 0 spiro atoms. The van der Waals surface area contributed by atoms with Gasteiger partial charge in [-0.3, -0.25) is 4.90 Å². The molecule has 22 heavy (non-hydrogen) atoms. The lowest BCUT2D eigenvalue weighted by atomic mass is 10.1. The van der Waals surface area contributed by atoms with Crippen molar-refractivity contribution in [1.29, 1.82) is 0 Å². The fourth-order valence-corrected chi connectivity index (χ4v) is 3.95. The van der Waals surface area contributed by atoms with Crippen LogP contribution < -0.4 is 4.90 Å². The molecular formula is C18H28BrN3. The molecule has 2 saturated heterocycles. The summed E-state index contributed by atoms with van der Waals surface area (Å²) in [6.07, 6.45) is 4.06. The zero-order valence-corrected chi connectivity index (χ0v) is 15.3. The van der Waals surface area contributed by atoms with Gasteiger partial charge in [0.2, 0.25) is 0 Å². The summed E-state index contributed by atoms with van der Waals surface area (Å²) in [6, 6.07) is 6.84. The van der Waals surface area contributed by atoms with E-state index in [2.05, 4.69) is 55.8 Å². The number of benzene rings is 1. The number of anilines is 1. The molecule has 0 saturated carbocycles. The maximum atomic E-state index is 3.66. The summed E-state index contributed by atoms with van der Waals surface area (Å²) < 4.78 is 1.20. The van der Waals surface area contributed by atoms with E-state index < -0.39 is 0 Å². The molecule has 122 valence electrons. The Balaban J connectivity index is 1.70. The van der Waals surface area contributed by atoms with Crippen LogP contribution in [0.4, 0.5) is 5.69 Å². The van der Waals surface area contributed by atoms with Gasteiger partial charge in [0.15, 0.2) is 0 Å². The zero-order valence-electron chi connectivity index (χ0n) is 13.7. The summed E-state index contributed by atoms with van der Waals surface area (Å²) in [5.41, 5.74) is 2.95. The van der Waals surface area contributed by atoms with Crippen LogP contribution in [-0.4, -0.2) is 55.6 Å². The predicted octanol–water partition coefficient (Wildman–Crippen LogP) is 3.58. The number of piperazine rings is 1. The highest BCUT2D eigenvalue weighted by Gasteiger charge is 2.19. The van der Waals surface area contributed by atoms with E-state index >= 15 is 0 Å². The second-order valence-electron chi connectivity index (χ2n) is 6.53. The van der Waals surface area contributed by atoms with Gasteiger partial charge in [-0.25, -0.2) is 0 Å². The van der Waals surface area contributed by atoms with Crippen LogP contribution in [0, 0.1) is 0 Å². The molecular weight excluding hydrogens is 338 g/mol. The Bertz CT molecular complexity index is 477. The Morgan fingerprint density at radius 1 is 0.909 bits per heavy atom. The minimum absolute atomic E-state index is 1.09. The molecule has 1 aromatic rings. The van der Waals surface area contributed by atoms with Crippen LogP contribution in [0.2, 0.25) is 0 Å². The third kappa shape index (κ3) is 4.03. The standard InChI is InChI=1S/C18H28BrN3/c1-2-20-10-12-21(13-11-20)15-16-6-7-17(19)14-18(16)22-8-4-3-5-9-22/h6-7,14H,2-5,8-13,15H2,1H3. The van der Waals surface area contributed by atoms with Gasteiger partial charge in [-0.05, 0) is 43.5 Å². The van der Waals surface area contributed by atoms with Crippen molar-refractivity contribution < 1.29 is 0 Å². The molecule has 0 unspecified atom stereocenters. The first kappa shape index (κ1) is 16.3. The van der Waals surface area contributed by atoms with Crippen molar-refractivity contribution in [2.75, 3.05) is 50.7 Å². The van der Waals surface area contributed by atoms with Crippen LogP contribution >= 0.6 is 15.9 Å². The largest absolute Gasteiger partial charge is 0.371 e. The van der Waals surface area contributed by atoms with Gasteiger partial charge in [0.1, 0.15) is 0 Å². The van der Waals surface area contributed by atoms with Crippen LogP contribution in [0.1, 0.15) is 31.7 Å². The lowest BCUT2D eigenvalue weighted by Crippen LogP contribution is -2.45. The van der Waals surface area contributed by atoms with Crippen molar-refractivity contribution >= 4 is 21.6 Å². The van der Waals surface area contributed by atoms with E-state index in [9.17, 15) is 0 Å². The molecule has 2 heterocycles. The third-order valence-electron chi connectivity index (χ3n) is 5.05. The molecule has 3 rings (SSSR count). The molecule has 0 aliphatic carbocycles. The third-order valence-corrected chi connectivity index (χ3v) is 5.54. The maximum absolute atomic E-state index is 3.66. The lowest BCUT2D eigenvalue weighted by Gasteiger charge is -2.36. The highest BCUT2D eigenvalue weighted by Crippen LogP contribution is 2.29. The van der Waals surface area contributed by atoms with Crippen molar-refractivity contribution in [1.82, 2.24) is 9.80 Å². The highest BCUT2D eigenvalue weighted by atomic mass is 79.9. The fourth-order valence-electron chi connectivity index (χ4n) is 3.60. The molecule has 0 aromatic heterocycles. The highest BCUT2D eigenvalue weighted by molar-refractivity contribution is 9.10. The van der Waals surface area contributed by atoms with E-state index in [1.54, 1.807) is 0 Å². The van der Waals surface area contributed by atoms with Crippen LogP contribution in [0.25, 0.3) is 0 Å². The van der Waals surface area contributed by atoms with E-state index in [0.717, 1.165) is 6.54 Å². The van der Waals surface area contributed by atoms with Crippen molar-refractivity contribution in [3.05, 3.63) is 28.2 Å². The van der Waals surface area contributed by atoms with Crippen molar-refractivity contribution in [3.63, 3.8) is 0 Å². The molecule has 0 N–H and O–H groups in total. The molecule has 0 radical (unpaired) electrons. The molecule has 1 aromatic carbocycles. The van der Waals surface area contributed by atoms with Gasteiger partial charge in [-0.2, -0.15) is 0 Å². The number of hydrogen-bond acceptors (Lipinski definition) is 3. The second kappa shape index (κ2) is 7.80. The second-order valence-corrected chi connectivity index (χ2v) is 7.45. The van der Waals surface area contributed by atoms with E-state index in [-0.39, 0.29) is 0 Å². The number of halogens is 1. The Labute approximate surface area is 143 Å². The normalized spacial score (nSPS) is 21.3. The molecule has 4 heteroatoms. The molecule has 2 fully saturated rings. The minimum Gasteiger partial charge on any atom is -0.371 e. The number of rotatable bonds is 4. The monoisotopic (exact) mass is 365 g/mol. The van der Waals surface area contributed by atoms with E-state index in [4.69, 9.17) is 0 Å². The smallest absolute Gasteiger partial charge is 0.0423 e. The van der Waals surface area contributed by atoms with E-state index in [1.807, 2.05) is 0 Å². The predicted molar refractivity (Wildman–Crippen MR) is 97.6 cm³/mol. The molecule has 3 nitrogen and oxygen atoms in total. The number of likely N-dealkylation sites (N-methyl/N-ethyl adjacent to an activating group) is 1. The van der Waals surface area contributed by atoms with Crippen LogP contribution in [0.3, 0.4) is 0 Å². The average molecular weight is 366 g/mol. The number of piperidine rings is 1. The summed E-state index contributed by atoms with van der Waals surface area (Å²) in [4.78, 5) is 7.75. The quantitative estimate of drug-likeness (QED) is 0.807. The maximum Gasteiger partial charge on any atom is 0.0423 e. The SMILES string of the molecule is CCN1CCN(Cc2ccc(Br)cc2N2CCCCC2)CC1. The van der Waals surface area contributed by atoms with Gasteiger partial charge in [-0.15, -0.1) is 0 Å². The zero-order chi connectivity index (χ0) is 15.4. The molecule has 2 aliphatic heterocycles. The number of nitrogens with zero attached hydrogens (tertiary/aromatic N) is 3. The summed E-state index contributed by atoms with van der Waals surface area (Å²) in [5.74, 6) is 0. The Morgan fingerprint density at radius 2 is 1.59 bits per heavy atom. The molecule has 0 amide bonds. The Hall–Kier alpha value is -0.580. The first-order chi connectivity index (χ1) is 10.8. The fraction of sp³-hybridized carbons (Fsp3) is 0.667. The first-order valence-electron chi connectivity index (χ1n) is 8.74. The summed E-state index contributed by atoms with van der Waals surface area (Å²) in [5, 5.41) is 0. The summed E-state index contributed by atoms with van der Waals surface area (Å²) in [7, 11) is 0. The topological polar surface area (TPSA) is 9.72 Å². The van der Waals surface area contributed by atoms with E-state index in [1.165, 1.54) is 80.8 Å². The molecule has 2 aliphatic rings. The van der Waals surface area contributed by atoms with Crippen LogP contribution in [0.15, 0.2) is 22.7 Å². The van der Waals surface area contributed by atoms with Gasteiger partial charge in [-0.1, -0.05) is 28.9 Å². The van der Waals surface area contributed by atoms with Gasteiger partial charge < -0.3 is 9.80 Å². The van der Waals surface area contributed by atoms with Crippen LogP contribution in [-0.2, 0) is 6.54 Å². The summed E-state index contributed by atoms with van der Waals surface area (Å²) in [6.45, 7) is 11.8. The lowest BCUT2D eigenvalue weighted by molar-refractivity contribution is 0.132. The van der Waals surface area contributed by atoms with Crippen LogP contribution in [0.5, 0.6) is 0 Å². The number of hydrogen-bond donors (Lipinski definition) is 0. The van der Waals surface area contributed by atoms with E-state index in [0.29, 0.717) is 0 Å². The Kier molecular flexibility index (Phi) is 5.77. The summed E-state index contributed by atoms with van der Waals surface area (Å²) >= 11 is 3.66. The minimum atomic E-state index is 1.09. The first-order valence-corrected chi connectivity index (χ1v) is 9.53. The van der Waals surface area contributed by atoms with Gasteiger partial charge in [0, 0.05) is 56.0 Å². The average Bonchev–Trinajstić information content (AvgIpc) is 2.58. The van der Waals surface area contributed by atoms with Gasteiger partial charge >= 0.3 is 0 Å². The molecule has 0 bridgehead atoms. The van der Waals surface area contributed by atoms with Gasteiger partial charge in [0.05, 0.1) is 0 Å².